The number of benzene rings is 1. The Morgan fingerprint density at radius 2 is 1.75 bits per heavy atom. The maximum absolute atomic E-state index is 7.57. The van der Waals surface area contributed by atoms with Gasteiger partial charge < -0.3 is 5.11 Å². The molecule has 0 saturated carbocycles. The number of aliphatic hydroxyl groups is 1. The van der Waals surface area contributed by atoms with Gasteiger partial charge in [-0.1, -0.05) is 42.5 Å². The molecule has 66 valence electrons. The van der Waals surface area contributed by atoms with Crippen molar-refractivity contribution < 1.29 is 5.11 Å². The molecule has 1 heteroatoms. The second-order valence-corrected chi connectivity index (χ2v) is 2.46. The van der Waals surface area contributed by atoms with Crippen molar-refractivity contribution in [3.05, 3.63) is 42.5 Å². The van der Waals surface area contributed by atoms with Crippen LogP contribution < -0.4 is 0 Å². The first-order valence-electron chi connectivity index (χ1n) is 4.04. The Labute approximate surface area is 74.4 Å². The molecule has 0 saturated heterocycles. The number of allylic oxidation sites excluding steroid dienone is 1. The number of hydrogen-bond acceptors (Lipinski definition) is 1. The Bertz CT molecular complexity index is 214. The lowest BCUT2D eigenvalue weighted by atomic mass is 10.1. The van der Waals surface area contributed by atoms with Crippen molar-refractivity contribution in [2.45, 2.75) is 13.8 Å². The molecular weight excluding hydrogens is 148 g/mol. The van der Waals surface area contributed by atoms with Gasteiger partial charge in [-0.25, -0.2) is 0 Å². The molecular formula is C11H16O. The zero-order valence-corrected chi connectivity index (χ0v) is 7.75. The standard InChI is InChI=1S/C9H10.C2H6O/c1-8(2)9-6-4-3-5-7-9;1-2-3/h3-7H,1H2,2H3;3H,2H2,1H3. The quantitative estimate of drug-likeness (QED) is 0.676. The van der Waals surface area contributed by atoms with Crippen molar-refractivity contribution >= 4 is 5.57 Å². The van der Waals surface area contributed by atoms with E-state index in [1.165, 1.54) is 5.56 Å². The van der Waals surface area contributed by atoms with E-state index in [9.17, 15) is 0 Å². The average molecular weight is 164 g/mol. The van der Waals surface area contributed by atoms with Gasteiger partial charge in [0.1, 0.15) is 0 Å². The summed E-state index contributed by atoms with van der Waals surface area (Å²) >= 11 is 0. The van der Waals surface area contributed by atoms with E-state index < -0.39 is 0 Å². The largest absolute Gasteiger partial charge is 0.397 e. The highest BCUT2D eigenvalue weighted by Gasteiger charge is 1.86. The van der Waals surface area contributed by atoms with Crippen LogP contribution in [-0.4, -0.2) is 11.7 Å². The van der Waals surface area contributed by atoms with Gasteiger partial charge in [0, 0.05) is 6.61 Å². The van der Waals surface area contributed by atoms with E-state index in [2.05, 4.69) is 18.7 Å². The fourth-order valence-corrected chi connectivity index (χ4v) is 0.723. The van der Waals surface area contributed by atoms with E-state index in [0.29, 0.717) is 0 Å². The van der Waals surface area contributed by atoms with E-state index in [0.717, 1.165) is 5.57 Å². The molecule has 0 aliphatic carbocycles. The van der Waals surface area contributed by atoms with Crippen molar-refractivity contribution in [1.29, 1.82) is 0 Å². The fourth-order valence-electron chi connectivity index (χ4n) is 0.723. The molecule has 1 rings (SSSR count). The topological polar surface area (TPSA) is 20.2 Å². The lowest BCUT2D eigenvalue weighted by Gasteiger charge is -1.94. The van der Waals surface area contributed by atoms with Crippen LogP contribution in [0.1, 0.15) is 19.4 Å². The molecule has 1 aromatic carbocycles. The van der Waals surface area contributed by atoms with Crippen LogP contribution in [0.3, 0.4) is 0 Å². The molecule has 0 unspecified atom stereocenters. The van der Waals surface area contributed by atoms with Gasteiger partial charge in [0.05, 0.1) is 0 Å². The molecule has 0 atom stereocenters. The van der Waals surface area contributed by atoms with Gasteiger partial charge in [0.15, 0.2) is 0 Å². The molecule has 0 radical (unpaired) electrons. The van der Waals surface area contributed by atoms with Crippen LogP contribution in [0.5, 0.6) is 0 Å². The highest BCUT2D eigenvalue weighted by molar-refractivity contribution is 5.60. The van der Waals surface area contributed by atoms with Gasteiger partial charge in [-0.3, -0.25) is 0 Å². The molecule has 0 amide bonds. The maximum atomic E-state index is 7.57. The monoisotopic (exact) mass is 164 g/mol. The summed E-state index contributed by atoms with van der Waals surface area (Å²) in [5, 5.41) is 7.57. The molecule has 1 aromatic rings. The van der Waals surface area contributed by atoms with Crippen LogP contribution in [-0.2, 0) is 0 Å². The molecule has 0 aromatic heterocycles. The number of aliphatic hydroxyl groups excluding tert-OH is 1. The molecule has 0 aliphatic rings. The van der Waals surface area contributed by atoms with E-state index in [4.69, 9.17) is 5.11 Å². The first-order valence-corrected chi connectivity index (χ1v) is 4.04. The van der Waals surface area contributed by atoms with Crippen molar-refractivity contribution in [2.75, 3.05) is 6.61 Å². The van der Waals surface area contributed by atoms with Gasteiger partial charge >= 0.3 is 0 Å². The van der Waals surface area contributed by atoms with Gasteiger partial charge in [0.2, 0.25) is 0 Å². The lowest BCUT2D eigenvalue weighted by molar-refractivity contribution is 0.318. The molecule has 0 spiro atoms. The minimum Gasteiger partial charge on any atom is -0.397 e. The first kappa shape index (κ1) is 10.9. The molecule has 1 N–H and O–H groups in total. The van der Waals surface area contributed by atoms with Crippen molar-refractivity contribution in [1.82, 2.24) is 0 Å². The van der Waals surface area contributed by atoms with Crippen LogP contribution in [0, 0.1) is 0 Å². The molecule has 12 heavy (non-hydrogen) atoms. The minimum atomic E-state index is 0.250. The highest BCUT2D eigenvalue weighted by atomic mass is 16.2. The predicted octanol–water partition coefficient (Wildman–Crippen LogP) is 2.72. The third-order valence-corrected chi connectivity index (χ3v) is 1.27. The average Bonchev–Trinajstić information content (AvgIpc) is 2.07. The van der Waals surface area contributed by atoms with Crippen molar-refractivity contribution in [2.24, 2.45) is 0 Å². The van der Waals surface area contributed by atoms with Crippen LogP contribution in [0.25, 0.3) is 5.57 Å². The molecule has 0 aliphatic heterocycles. The SMILES string of the molecule is C=C(C)c1ccccc1.CCO. The van der Waals surface area contributed by atoms with Crippen molar-refractivity contribution in [3.63, 3.8) is 0 Å². The van der Waals surface area contributed by atoms with E-state index >= 15 is 0 Å². The Balaban J connectivity index is 0.000000354. The van der Waals surface area contributed by atoms with E-state index in [1.54, 1.807) is 6.92 Å². The summed E-state index contributed by atoms with van der Waals surface area (Å²) < 4.78 is 0. The smallest absolute Gasteiger partial charge is 0.0402 e. The van der Waals surface area contributed by atoms with E-state index in [-0.39, 0.29) is 6.61 Å². The normalized spacial score (nSPS) is 8.25. The zero-order valence-electron chi connectivity index (χ0n) is 7.75. The van der Waals surface area contributed by atoms with Crippen LogP contribution >= 0.6 is 0 Å². The van der Waals surface area contributed by atoms with Gasteiger partial charge in [-0.15, -0.1) is 0 Å². The summed E-state index contributed by atoms with van der Waals surface area (Å²) in [7, 11) is 0. The second-order valence-electron chi connectivity index (χ2n) is 2.46. The predicted molar refractivity (Wildman–Crippen MR) is 53.9 cm³/mol. The minimum absolute atomic E-state index is 0.250. The first-order chi connectivity index (χ1) is 5.72. The maximum Gasteiger partial charge on any atom is 0.0402 e. The Morgan fingerprint density at radius 1 is 1.33 bits per heavy atom. The lowest BCUT2D eigenvalue weighted by Crippen LogP contribution is -1.72. The summed E-state index contributed by atoms with van der Waals surface area (Å²) in [4.78, 5) is 0. The molecule has 0 heterocycles. The summed E-state index contributed by atoms with van der Waals surface area (Å²) in [6.07, 6.45) is 0. The van der Waals surface area contributed by atoms with Crippen molar-refractivity contribution in [3.8, 4) is 0 Å². The number of hydrogen-bond donors (Lipinski definition) is 1. The summed E-state index contributed by atoms with van der Waals surface area (Å²) in [5.74, 6) is 0. The van der Waals surface area contributed by atoms with Crippen LogP contribution in [0.4, 0.5) is 0 Å². The van der Waals surface area contributed by atoms with Gasteiger partial charge in [-0.05, 0) is 19.4 Å². The third-order valence-electron chi connectivity index (χ3n) is 1.27. The third kappa shape index (κ3) is 4.69. The Morgan fingerprint density at radius 3 is 2.00 bits per heavy atom. The molecule has 0 bridgehead atoms. The summed E-state index contributed by atoms with van der Waals surface area (Å²) in [5.41, 5.74) is 2.34. The van der Waals surface area contributed by atoms with Gasteiger partial charge in [0.25, 0.3) is 0 Å². The Hall–Kier alpha value is -1.08. The molecule has 0 fully saturated rings. The second kappa shape index (κ2) is 6.62. The molecule has 1 nitrogen and oxygen atoms in total. The van der Waals surface area contributed by atoms with E-state index in [1.807, 2.05) is 25.1 Å². The number of rotatable bonds is 1. The van der Waals surface area contributed by atoms with Gasteiger partial charge in [-0.2, -0.15) is 0 Å². The van der Waals surface area contributed by atoms with Crippen LogP contribution in [0.2, 0.25) is 0 Å². The summed E-state index contributed by atoms with van der Waals surface area (Å²) in [6.45, 7) is 7.77. The fraction of sp³-hybridized carbons (Fsp3) is 0.273. The van der Waals surface area contributed by atoms with Crippen LogP contribution in [0.15, 0.2) is 36.9 Å². The highest BCUT2D eigenvalue weighted by Crippen LogP contribution is 2.08. The zero-order chi connectivity index (χ0) is 9.40. The Kier molecular flexibility index (Phi) is 6.02. The summed E-state index contributed by atoms with van der Waals surface area (Å²) in [6, 6.07) is 10.2.